The molecule has 7 heteroatoms. The van der Waals surface area contributed by atoms with Gasteiger partial charge in [-0.3, -0.25) is 9.69 Å². The molecule has 1 saturated heterocycles. The molecule has 0 aliphatic carbocycles. The van der Waals surface area contributed by atoms with Crippen molar-refractivity contribution >= 4 is 15.9 Å². The Hall–Kier alpha value is -1.44. The predicted octanol–water partition coefficient (Wildman–Crippen LogP) is 0.466. The van der Waals surface area contributed by atoms with Crippen molar-refractivity contribution in [3.63, 3.8) is 0 Å². The Labute approximate surface area is 132 Å². The van der Waals surface area contributed by atoms with E-state index in [1.165, 1.54) is 10.6 Å². The number of benzene rings is 1. The largest absolute Gasteiger partial charge is 0.345 e. The van der Waals surface area contributed by atoms with Gasteiger partial charge in [0.15, 0.2) is 0 Å². The van der Waals surface area contributed by atoms with E-state index in [0.29, 0.717) is 31.7 Å². The predicted molar refractivity (Wildman–Crippen MR) is 86.2 cm³/mol. The summed E-state index contributed by atoms with van der Waals surface area (Å²) in [5, 5.41) is 0. The van der Waals surface area contributed by atoms with Crippen LogP contribution in [-0.2, 0) is 16.6 Å². The molecule has 1 aliphatic heterocycles. The molecule has 0 unspecified atom stereocenters. The lowest BCUT2D eigenvalue weighted by Crippen LogP contribution is -2.47. The maximum Gasteiger partial charge on any atom is 0.253 e. The maximum atomic E-state index is 12.0. The number of hydrogen-bond donors (Lipinski definition) is 0. The number of amides is 1. The zero-order chi connectivity index (χ0) is 16.3. The first-order valence-corrected chi connectivity index (χ1v) is 9.10. The Morgan fingerprint density at radius 1 is 1.18 bits per heavy atom. The van der Waals surface area contributed by atoms with E-state index >= 15 is 0 Å². The summed E-state index contributed by atoms with van der Waals surface area (Å²) < 4.78 is 24.5. The first-order valence-electron chi connectivity index (χ1n) is 7.25. The topological polar surface area (TPSA) is 60.9 Å². The van der Waals surface area contributed by atoms with Gasteiger partial charge in [-0.05, 0) is 17.7 Å². The van der Waals surface area contributed by atoms with Crippen molar-refractivity contribution in [1.82, 2.24) is 14.1 Å². The number of carbonyl (C=O) groups is 1. The summed E-state index contributed by atoms with van der Waals surface area (Å²) in [6.45, 7) is 3.19. The summed E-state index contributed by atoms with van der Waals surface area (Å²) in [4.78, 5) is 15.7. The number of carbonyl (C=O) groups excluding carboxylic acids is 1. The van der Waals surface area contributed by atoms with Gasteiger partial charge in [-0.25, -0.2) is 8.42 Å². The van der Waals surface area contributed by atoms with Gasteiger partial charge in [0.2, 0.25) is 10.0 Å². The van der Waals surface area contributed by atoms with Crippen LogP contribution in [-0.4, -0.2) is 75.0 Å². The highest BCUT2D eigenvalue weighted by molar-refractivity contribution is 7.88. The highest BCUT2D eigenvalue weighted by Crippen LogP contribution is 2.13. The average Bonchev–Trinajstić information content (AvgIpc) is 2.46. The fourth-order valence-corrected chi connectivity index (χ4v) is 3.36. The van der Waals surface area contributed by atoms with E-state index in [1.54, 1.807) is 19.0 Å². The summed E-state index contributed by atoms with van der Waals surface area (Å²) in [6.07, 6.45) is 1.25. The van der Waals surface area contributed by atoms with Gasteiger partial charge < -0.3 is 4.90 Å². The summed E-state index contributed by atoms with van der Waals surface area (Å²) in [7, 11) is 0.378. The molecular formula is C15H23N3O3S. The molecule has 22 heavy (non-hydrogen) atoms. The first kappa shape index (κ1) is 16.9. The molecule has 1 amide bonds. The molecule has 1 aromatic rings. The van der Waals surface area contributed by atoms with Crippen LogP contribution in [0.25, 0.3) is 0 Å². The second kappa shape index (κ2) is 6.76. The van der Waals surface area contributed by atoms with Gasteiger partial charge in [0.25, 0.3) is 5.91 Å². The minimum absolute atomic E-state index is 0.0104. The molecule has 0 N–H and O–H groups in total. The van der Waals surface area contributed by atoms with Gasteiger partial charge in [-0.2, -0.15) is 4.31 Å². The smallest absolute Gasteiger partial charge is 0.253 e. The van der Waals surface area contributed by atoms with Crippen LogP contribution >= 0.6 is 0 Å². The van der Waals surface area contributed by atoms with Gasteiger partial charge in [-0.15, -0.1) is 0 Å². The van der Waals surface area contributed by atoms with E-state index in [4.69, 9.17) is 0 Å². The third kappa shape index (κ3) is 4.28. The lowest BCUT2D eigenvalue weighted by Gasteiger charge is -2.33. The lowest BCUT2D eigenvalue weighted by atomic mass is 10.1. The van der Waals surface area contributed by atoms with Gasteiger partial charge in [0.1, 0.15) is 0 Å². The van der Waals surface area contributed by atoms with Crippen LogP contribution < -0.4 is 0 Å². The van der Waals surface area contributed by atoms with Crippen LogP contribution in [0.1, 0.15) is 15.9 Å². The lowest BCUT2D eigenvalue weighted by molar-refractivity contribution is 0.0827. The normalized spacial score (nSPS) is 17.4. The molecule has 1 aromatic carbocycles. The molecule has 122 valence electrons. The molecule has 0 aromatic heterocycles. The van der Waals surface area contributed by atoms with Gasteiger partial charge >= 0.3 is 0 Å². The molecule has 0 atom stereocenters. The van der Waals surface area contributed by atoms with E-state index in [1.807, 2.05) is 24.3 Å². The van der Waals surface area contributed by atoms with E-state index in [0.717, 1.165) is 12.1 Å². The zero-order valence-electron chi connectivity index (χ0n) is 13.3. The number of piperazine rings is 1. The SMILES string of the molecule is CN(C)C(=O)c1cccc(CN2CCN(S(C)(=O)=O)CC2)c1. The third-order valence-electron chi connectivity index (χ3n) is 3.79. The minimum Gasteiger partial charge on any atom is -0.345 e. The number of rotatable bonds is 4. The molecule has 1 heterocycles. The van der Waals surface area contributed by atoms with Crippen molar-refractivity contribution in [3.8, 4) is 0 Å². The van der Waals surface area contributed by atoms with Crippen molar-refractivity contribution < 1.29 is 13.2 Å². The molecule has 1 aliphatic rings. The Kier molecular flexibility index (Phi) is 5.20. The molecule has 0 saturated carbocycles. The molecular weight excluding hydrogens is 302 g/mol. The highest BCUT2D eigenvalue weighted by Gasteiger charge is 2.23. The zero-order valence-corrected chi connectivity index (χ0v) is 14.1. The summed E-state index contributed by atoms with van der Waals surface area (Å²) in [5.74, 6) is -0.0104. The Bertz CT molecular complexity index is 635. The molecule has 6 nitrogen and oxygen atoms in total. The van der Waals surface area contributed by atoms with Gasteiger partial charge in [0, 0.05) is 52.4 Å². The number of hydrogen-bond acceptors (Lipinski definition) is 4. The second-order valence-electron chi connectivity index (χ2n) is 5.84. The Balaban J connectivity index is 1.98. The van der Waals surface area contributed by atoms with E-state index in [9.17, 15) is 13.2 Å². The number of nitrogens with zero attached hydrogens (tertiary/aromatic N) is 3. The summed E-state index contributed by atoms with van der Waals surface area (Å²) in [6, 6.07) is 7.60. The van der Waals surface area contributed by atoms with E-state index < -0.39 is 10.0 Å². The third-order valence-corrected chi connectivity index (χ3v) is 5.09. The minimum atomic E-state index is -3.09. The molecule has 0 spiro atoms. The second-order valence-corrected chi connectivity index (χ2v) is 7.82. The number of sulfonamides is 1. The van der Waals surface area contributed by atoms with Crippen LogP contribution in [0.15, 0.2) is 24.3 Å². The maximum absolute atomic E-state index is 12.0. The quantitative estimate of drug-likeness (QED) is 0.807. The van der Waals surface area contributed by atoms with Crippen molar-refractivity contribution in [2.75, 3.05) is 46.5 Å². The first-order chi connectivity index (χ1) is 10.3. The highest BCUT2D eigenvalue weighted by atomic mass is 32.2. The monoisotopic (exact) mass is 325 g/mol. The van der Waals surface area contributed by atoms with Crippen molar-refractivity contribution in [2.24, 2.45) is 0 Å². The van der Waals surface area contributed by atoms with E-state index in [2.05, 4.69) is 4.90 Å². The van der Waals surface area contributed by atoms with Crippen molar-refractivity contribution in [3.05, 3.63) is 35.4 Å². The van der Waals surface area contributed by atoms with E-state index in [-0.39, 0.29) is 5.91 Å². The molecule has 0 bridgehead atoms. The van der Waals surface area contributed by atoms with Gasteiger partial charge in [0.05, 0.1) is 6.26 Å². The molecule has 2 rings (SSSR count). The standard InChI is InChI=1S/C15H23N3O3S/c1-16(2)15(19)14-6-4-5-13(11-14)12-17-7-9-18(10-8-17)22(3,20)21/h4-6,11H,7-10,12H2,1-3H3. The van der Waals surface area contributed by atoms with Crippen molar-refractivity contribution in [2.45, 2.75) is 6.54 Å². The Morgan fingerprint density at radius 2 is 1.82 bits per heavy atom. The van der Waals surface area contributed by atoms with Crippen LogP contribution in [0, 0.1) is 0 Å². The average molecular weight is 325 g/mol. The Morgan fingerprint density at radius 3 is 2.36 bits per heavy atom. The molecule has 0 radical (unpaired) electrons. The van der Waals surface area contributed by atoms with Crippen LogP contribution in [0.4, 0.5) is 0 Å². The summed E-state index contributed by atoms with van der Waals surface area (Å²) >= 11 is 0. The summed E-state index contributed by atoms with van der Waals surface area (Å²) in [5.41, 5.74) is 1.75. The van der Waals surface area contributed by atoms with Crippen LogP contribution in [0.5, 0.6) is 0 Å². The fourth-order valence-electron chi connectivity index (χ4n) is 2.54. The molecule has 1 fully saturated rings. The fraction of sp³-hybridized carbons (Fsp3) is 0.533. The van der Waals surface area contributed by atoms with Crippen LogP contribution in [0.3, 0.4) is 0 Å². The van der Waals surface area contributed by atoms with Gasteiger partial charge in [-0.1, -0.05) is 12.1 Å². The van der Waals surface area contributed by atoms with Crippen molar-refractivity contribution in [1.29, 1.82) is 0 Å². The van der Waals surface area contributed by atoms with Crippen LogP contribution in [0.2, 0.25) is 0 Å².